The van der Waals surface area contributed by atoms with Crippen molar-refractivity contribution in [2.24, 2.45) is 0 Å². The molecule has 7 nitrogen and oxygen atoms in total. The van der Waals surface area contributed by atoms with Crippen molar-refractivity contribution < 1.29 is 14.3 Å². The first-order valence-corrected chi connectivity index (χ1v) is 9.32. The average molecular weight is 394 g/mol. The summed E-state index contributed by atoms with van der Waals surface area (Å²) in [5, 5.41) is 1.41. The van der Waals surface area contributed by atoms with E-state index in [4.69, 9.17) is 16.3 Å². The minimum atomic E-state index is -0.492. The van der Waals surface area contributed by atoms with E-state index >= 15 is 0 Å². The molecule has 136 valence electrons. The number of carbonyl (C=O) groups excluding carboxylic acids is 2. The molecule has 0 unspecified atom stereocenters. The number of nitrogens with zero attached hydrogens (tertiary/aromatic N) is 3. The molecule has 1 aliphatic rings. The minimum Gasteiger partial charge on any atom is -0.463 e. The van der Waals surface area contributed by atoms with Crippen LogP contribution in [-0.4, -0.2) is 45.2 Å². The van der Waals surface area contributed by atoms with E-state index in [0.29, 0.717) is 21.0 Å². The highest BCUT2D eigenvalue weighted by Crippen LogP contribution is 2.28. The minimum absolute atomic E-state index is 0.115. The van der Waals surface area contributed by atoms with E-state index in [-0.39, 0.29) is 36.9 Å². The molecule has 1 saturated heterocycles. The molecule has 3 rings (SSSR count). The molecule has 0 bridgehead atoms. The molecule has 9 heteroatoms. The zero-order valence-corrected chi connectivity index (χ0v) is 15.5. The highest BCUT2D eigenvalue weighted by atomic mass is 35.5. The molecule has 1 aliphatic heterocycles. The Morgan fingerprint density at radius 2 is 2.19 bits per heavy atom. The van der Waals surface area contributed by atoms with Crippen LogP contribution in [0.1, 0.15) is 6.92 Å². The summed E-state index contributed by atoms with van der Waals surface area (Å²) < 4.78 is 6.31. The first kappa shape index (κ1) is 18.5. The van der Waals surface area contributed by atoms with Crippen LogP contribution in [0.5, 0.6) is 0 Å². The molecule has 2 heterocycles. The van der Waals surface area contributed by atoms with Gasteiger partial charge < -0.3 is 9.64 Å². The first-order chi connectivity index (χ1) is 12.5. The van der Waals surface area contributed by atoms with Gasteiger partial charge in [-0.05, 0) is 25.1 Å². The van der Waals surface area contributed by atoms with Crippen molar-refractivity contribution in [1.29, 1.82) is 0 Å². The maximum absolute atomic E-state index is 12.6. The van der Waals surface area contributed by atoms with E-state index in [1.165, 1.54) is 33.6 Å². The summed E-state index contributed by atoms with van der Waals surface area (Å²) in [7, 11) is 0. The Labute approximate surface area is 158 Å². The first-order valence-electron chi connectivity index (χ1n) is 7.96. The zero-order chi connectivity index (χ0) is 18.7. The van der Waals surface area contributed by atoms with Gasteiger partial charge in [-0.15, -0.1) is 0 Å². The van der Waals surface area contributed by atoms with Gasteiger partial charge in [0, 0.05) is 18.1 Å². The van der Waals surface area contributed by atoms with Crippen LogP contribution in [0.15, 0.2) is 40.4 Å². The van der Waals surface area contributed by atoms with Gasteiger partial charge in [-0.1, -0.05) is 23.4 Å². The summed E-state index contributed by atoms with van der Waals surface area (Å²) in [4.78, 5) is 42.0. The fourth-order valence-corrected chi connectivity index (χ4v) is 3.68. The maximum Gasteiger partial charge on any atom is 0.333 e. The molecule has 1 amide bonds. The second kappa shape index (κ2) is 7.92. The zero-order valence-electron chi connectivity index (χ0n) is 14.0. The largest absolute Gasteiger partial charge is 0.463 e. The fraction of sp³-hybridized carbons (Fsp3) is 0.294. The van der Waals surface area contributed by atoms with Gasteiger partial charge >= 0.3 is 5.97 Å². The van der Waals surface area contributed by atoms with Crippen LogP contribution in [0.4, 0.5) is 0 Å². The maximum atomic E-state index is 12.6. The van der Waals surface area contributed by atoms with Crippen molar-refractivity contribution in [2.75, 3.05) is 18.9 Å². The standard InChI is InChI=1S/C17H16ClN3O4S/c1-2-25-16(23)8-15-21(14(22)9-26-15)6-5-20-10-19-13-4-3-11(18)7-12(13)17(20)24/h3-4,7-8,10H,2,5-6,9H2,1H3/b15-8-. The summed E-state index contributed by atoms with van der Waals surface area (Å²) in [5.74, 6) is -0.351. The third-order valence-electron chi connectivity index (χ3n) is 3.79. The molecule has 0 spiro atoms. The van der Waals surface area contributed by atoms with E-state index < -0.39 is 5.97 Å². The number of ether oxygens (including phenoxy) is 1. The quantitative estimate of drug-likeness (QED) is 0.571. The van der Waals surface area contributed by atoms with Crippen LogP contribution in [0, 0.1) is 0 Å². The number of fused-ring (bicyclic) bond motifs is 1. The molecule has 0 aliphatic carbocycles. The number of hydrogen-bond acceptors (Lipinski definition) is 6. The summed E-state index contributed by atoms with van der Waals surface area (Å²) in [5.41, 5.74) is 0.332. The van der Waals surface area contributed by atoms with E-state index in [9.17, 15) is 14.4 Å². The monoisotopic (exact) mass is 393 g/mol. The molecular weight excluding hydrogens is 378 g/mol. The second-order valence-corrected chi connectivity index (χ2v) is 6.91. The van der Waals surface area contributed by atoms with Crippen LogP contribution in [-0.2, 0) is 20.9 Å². The van der Waals surface area contributed by atoms with E-state index in [1.54, 1.807) is 25.1 Å². The number of carbonyl (C=O) groups is 2. The number of hydrogen-bond donors (Lipinski definition) is 0. The van der Waals surface area contributed by atoms with Gasteiger partial charge in [-0.2, -0.15) is 0 Å². The Balaban J connectivity index is 1.80. The fourth-order valence-electron chi connectivity index (χ4n) is 2.55. The number of amides is 1. The number of benzene rings is 1. The Hall–Kier alpha value is -2.32. The van der Waals surface area contributed by atoms with Crippen molar-refractivity contribution in [3.63, 3.8) is 0 Å². The van der Waals surface area contributed by atoms with Gasteiger partial charge in [0.05, 0.1) is 40.7 Å². The predicted octanol–water partition coefficient (Wildman–Crippen LogP) is 2.03. The summed E-state index contributed by atoms with van der Waals surface area (Å²) in [6, 6.07) is 4.93. The SMILES string of the molecule is CCOC(=O)/C=C1\SCC(=O)N1CCn1cnc2ccc(Cl)cc2c1=O. The molecule has 1 aromatic carbocycles. The lowest BCUT2D eigenvalue weighted by Crippen LogP contribution is -2.32. The summed E-state index contributed by atoms with van der Waals surface area (Å²) in [6.07, 6.45) is 2.75. The van der Waals surface area contributed by atoms with Crippen molar-refractivity contribution in [3.05, 3.63) is 51.0 Å². The second-order valence-electron chi connectivity index (χ2n) is 5.47. The molecule has 1 fully saturated rings. The van der Waals surface area contributed by atoms with Crippen molar-refractivity contribution >= 4 is 46.1 Å². The van der Waals surface area contributed by atoms with Crippen molar-refractivity contribution in [2.45, 2.75) is 13.5 Å². The number of aromatic nitrogens is 2. The number of thioether (sulfide) groups is 1. The highest BCUT2D eigenvalue weighted by Gasteiger charge is 2.27. The topological polar surface area (TPSA) is 81.5 Å². The van der Waals surface area contributed by atoms with Crippen LogP contribution >= 0.6 is 23.4 Å². The van der Waals surface area contributed by atoms with Gasteiger partial charge in [0.15, 0.2) is 0 Å². The van der Waals surface area contributed by atoms with Crippen LogP contribution in [0.2, 0.25) is 5.02 Å². The van der Waals surface area contributed by atoms with E-state index in [2.05, 4.69) is 4.98 Å². The van der Waals surface area contributed by atoms with Gasteiger partial charge in [0.2, 0.25) is 5.91 Å². The number of halogens is 1. The third kappa shape index (κ3) is 3.91. The lowest BCUT2D eigenvalue weighted by atomic mass is 10.2. The molecule has 0 N–H and O–H groups in total. The molecule has 2 aromatic rings. The van der Waals surface area contributed by atoms with Gasteiger partial charge in [0.1, 0.15) is 0 Å². The van der Waals surface area contributed by atoms with E-state index in [0.717, 1.165) is 0 Å². The molecule has 26 heavy (non-hydrogen) atoms. The lowest BCUT2D eigenvalue weighted by Gasteiger charge is -2.17. The summed E-state index contributed by atoms with van der Waals surface area (Å²) >= 11 is 7.23. The molecular formula is C17H16ClN3O4S. The normalized spacial score (nSPS) is 15.8. The van der Waals surface area contributed by atoms with Crippen LogP contribution in [0.25, 0.3) is 10.9 Å². The van der Waals surface area contributed by atoms with Crippen molar-refractivity contribution in [1.82, 2.24) is 14.5 Å². The highest BCUT2D eigenvalue weighted by molar-refractivity contribution is 8.04. The van der Waals surface area contributed by atoms with Crippen molar-refractivity contribution in [3.8, 4) is 0 Å². The van der Waals surface area contributed by atoms with Crippen LogP contribution < -0.4 is 5.56 Å². The number of rotatable bonds is 5. The van der Waals surface area contributed by atoms with Crippen LogP contribution in [0.3, 0.4) is 0 Å². The smallest absolute Gasteiger partial charge is 0.333 e. The Bertz CT molecular complexity index is 957. The predicted molar refractivity (Wildman–Crippen MR) is 99.9 cm³/mol. The Morgan fingerprint density at radius 3 is 2.96 bits per heavy atom. The number of esters is 1. The third-order valence-corrected chi connectivity index (χ3v) is 5.05. The van der Waals surface area contributed by atoms with Gasteiger partial charge in [-0.25, -0.2) is 9.78 Å². The van der Waals surface area contributed by atoms with E-state index in [1.807, 2.05) is 0 Å². The molecule has 0 atom stereocenters. The Kier molecular flexibility index (Phi) is 5.63. The Morgan fingerprint density at radius 1 is 1.38 bits per heavy atom. The molecule has 1 aromatic heterocycles. The summed E-state index contributed by atoms with van der Waals surface area (Å²) in [6.45, 7) is 2.49. The van der Waals surface area contributed by atoms with Gasteiger partial charge in [-0.3, -0.25) is 14.2 Å². The molecule has 0 radical (unpaired) electrons. The lowest BCUT2D eigenvalue weighted by molar-refractivity contribution is -0.137. The molecule has 0 saturated carbocycles. The van der Waals surface area contributed by atoms with Gasteiger partial charge in [0.25, 0.3) is 5.56 Å². The average Bonchev–Trinajstić information content (AvgIpc) is 2.95.